The Labute approximate surface area is 84.1 Å². The predicted octanol–water partition coefficient (Wildman–Crippen LogP) is 0.498. The minimum Gasteiger partial charge on any atom is -0.481 e. The Morgan fingerprint density at radius 1 is 1.60 bits per heavy atom. The van der Waals surface area contributed by atoms with Gasteiger partial charge in [0, 0.05) is 6.07 Å². The number of nitro groups is 1. The molecule has 0 aliphatic carbocycles. The van der Waals surface area contributed by atoms with E-state index in [-0.39, 0.29) is 11.4 Å². The summed E-state index contributed by atoms with van der Waals surface area (Å²) in [6.07, 6.45) is -0.756. The van der Waals surface area contributed by atoms with Gasteiger partial charge in [0.2, 0.25) is 0 Å². The van der Waals surface area contributed by atoms with Crippen molar-refractivity contribution in [1.29, 1.82) is 0 Å². The Hall–Kier alpha value is -2.02. The van der Waals surface area contributed by atoms with Gasteiger partial charge in [0.1, 0.15) is 12.3 Å². The standard InChI is InChI=1S/C8H8N2O5/c11-7(3-8(12)13)6-2-1-5(4-9-6)10(14)15/h1-2,4,7,11H,3H2,(H,12,13). The Morgan fingerprint density at radius 3 is 2.67 bits per heavy atom. The third kappa shape index (κ3) is 2.99. The van der Waals surface area contributed by atoms with Gasteiger partial charge in [0.05, 0.1) is 17.0 Å². The lowest BCUT2D eigenvalue weighted by Crippen LogP contribution is -2.07. The maximum atomic E-state index is 10.3. The van der Waals surface area contributed by atoms with E-state index in [1.54, 1.807) is 0 Å². The molecule has 7 nitrogen and oxygen atoms in total. The largest absolute Gasteiger partial charge is 0.481 e. The lowest BCUT2D eigenvalue weighted by Gasteiger charge is -2.05. The minimum atomic E-state index is -1.25. The topological polar surface area (TPSA) is 114 Å². The highest BCUT2D eigenvalue weighted by molar-refractivity contribution is 5.67. The van der Waals surface area contributed by atoms with Crippen LogP contribution in [-0.4, -0.2) is 26.1 Å². The summed E-state index contributed by atoms with van der Waals surface area (Å²) in [7, 11) is 0. The summed E-state index contributed by atoms with van der Waals surface area (Å²) in [6.45, 7) is 0. The third-order valence-electron chi connectivity index (χ3n) is 1.69. The molecule has 1 heterocycles. The highest BCUT2D eigenvalue weighted by Crippen LogP contribution is 2.16. The molecule has 0 aliphatic heterocycles. The number of aliphatic carboxylic acids is 1. The fraction of sp³-hybridized carbons (Fsp3) is 0.250. The summed E-state index contributed by atoms with van der Waals surface area (Å²) in [6, 6.07) is 2.39. The molecule has 80 valence electrons. The van der Waals surface area contributed by atoms with E-state index in [0.29, 0.717) is 0 Å². The summed E-state index contributed by atoms with van der Waals surface area (Å²) >= 11 is 0. The number of rotatable bonds is 4. The quantitative estimate of drug-likeness (QED) is 0.554. The fourth-order valence-electron chi connectivity index (χ4n) is 0.973. The number of carbonyl (C=O) groups is 1. The average Bonchev–Trinajstić information content (AvgIpc) is 2.17. The monoisotopic (exact) mass is 212 g/mol. The van der Waals surface area contributed by atoms with Crippen molar-refractivity contribution in [3.8, 4) is 0 Å². The van der Waals surface area contributed by atoms with Gasteiger partial charge in [-0.05, 0) is 6.07 Å². The first-order valence-electron chi connectivity index (χ1n) is 4.01. The zero-order valence-electron chi connectivity index (χ0n) is 7.53. The van der Waals surface area contributed by atoms with Gasteiger partial charge < -0.3 is 10.2 Å². The highest BCUT2D eigenvalue weighted by atomic mass is 16.6. The minimum absolute atomic E-state index is 0.100. The second-order valence-corrected chi connectivity index (χ2v) is 2.81. The van der Waals surface area contributed by atoms with Crippen molar-refractivity contribution >= 4 is 11.7 Å². The number of aliphatic hydroxyl groups excluding tert-OH is 1. The van der Waals surface area contributed by atoms with Crippen LogP contribution in [-0.2, 0) is 4.79 Å². The van der Waals surface area contributed by atoms with Gasteiger partial charge in [-0.2, -0.15) is 0 Å². The third-order valence-corrected chi connectivity index (χ3v) is 1.69. The van der Waals surface area contributed by atoms with Crippen molar-refractivity contribution < 1.29 is 19.9 Å². The van der Waals surface area contributed by atoms with Crippen LogP contribution in [0.1, 0.15) is 18.2 Å². The van der Waals surface area contributed by atoms with Crippen LogP contribution in [0.5, 0.6) is 0 Å². The first-order valence-corrected chi connectivity index (χ1v) is 4.01. The number of nitrogens with zero attached hydrogens (tertiary/aromatic N) is 2. The molecule has 1 rings (SSSR count). The fourth-order valence-corrected chi connectivity index (χ4v) is 0.973. The van der Waals surface area contributed by atoms with Crippen molar-refractivity contribution in [2.24, 2.45) is 0 Å². The first-order chi connectivity index (χ1) is 7.00. The average molecular weight is 212 g/mol. The maximum Gasteiger partial charge on any atom is 0.306 e. The van der Waals surface area contributed by atoms with Crippen LogP contribution in [0, 0.1) is 10.1 Å². The van der Waals surface area contributed by atoms with Gasteiger partial charge in [0.25, 0.3) is 5.69 Å². The van der Waals surface area contributed by atoms with Crippen LogP contribution in [0.4, 0.5) is 5.69 Å². The number of pyridine rings is 1. The zero-order valence-corrected chi connectivity index (χ0v) is 7.53. The number of carboxylic acid groups (broad SMARTS) is 1. The highest BCUT2D eigenvalue weighted by Gasteiger charge is 2.14. The van der Waals surface area contributed by atoms with Crippen LogP contribution in [0.15, 0.2) is 18.3 Å². The molecule has 1 aromatic heterocycles. The molecule has 7 heteroatoms. The van der Waals surface area contributed by atoms with Crippen LogP contribution in [0.2, 0.25) is 0 Å². The SMILES string of the molecule is O=C(O)CC(O)c1ccc([N+](=O)[O-])cn1. The number of hydrogen-bond acceptors (Lipinski definition) is 5. The van der Waals surface area contributed by atoms with Crippen LogP contribution >= 0.6 is 0 Å². The van der Waals surface area contributed by atoms with E-state index in [4.69, 9.17) is 5.11 Å². The summed E-state index contributed by atoms with van der Waals surface area (Å²) < 4.78 is 0. The Bertz CT molecular complexity index is 375. The van der Waals surface area contributed by atoms with E-state index in [9.17, 15) is 20.0 Å². The number of aromatic nitrogens is 1. The van der Waals surface area contributed by atoms with Gasteiger partial charge in [-0.25, -0.2) is 0 Å². The van der Waals surface area contributed by atoms with Gasteiger partial charge >= 0.3 is 5.97 Å². The summed E-state index contributed by atoms with van der Waals surface area (Å²) in [5, 5.41) is 28.0. The Morgan fingerprint density at radius 2 is 2.27 bits per heavy atom. The van der Waals surface area contributed by atoms with E-state index in [0.717, 1.165) is 12.3 Å². The van der Waals surface area contributed by atoms with Crippen molar-refractivity contribution in [2.45, 2.75) is 12.5 Å². The lowest BCUT2D eigenvalue weighted by atomic mass is 10.1. The Balaban J connectivity index is 2.79. The van der Waals surface area contributed by atoms with Gasteiger partial charge in [-0.15, -0.1) is 0 Å². The molecule has 0 bridgehead atoms. The molecule has 0 aromatic carbocycles. The molecule has 2 N–H and O–H groups in total. The molecule has 0 amide bonds. The second-order valence-electron chi connectivity index (χ2n) is 2.81. The number of hydrogen-bond donors (Lipinski definition) is 2. The normalized spacial score (nSPS) is 12.1. The molecule has 0 spiro atoms. The van der Waals surface area contributed by atoms with E-state index < -0.39 is 23.4 Å². The lowest BCUT2D eigenvalue weighted by molar-refractivity contribution is -0.385. The number of carboxylic acids is 1. The molecule has 15 heavy (non-hydrogen) atoms. The molecule has 1 unspecified atom stereocenters. The molecule has 0 saturated carbocycles. The molecule has 0 aliphatic rings. The van der Waals surface area contributed by atoms with Gasteiger partial charge in [-0.3, -0.25) is 19.9 Å². The van der Waals surface area contributed by atoms with Crippen LogP contribution in [0.3, 0.4) is 0 Å². The summed E-state index contributed by atoms with van der Waals surface area (Å²) in [4.78, 5) is 23.5. The van der Waals surface area contributed by atoms with Gasteiger partial charge in [-0.1, -0.05) is 0 Å². The zero-order chi connectivity index (χ0) is 11.4. The molecule has 0 fully saturated rings. The molecular weight excluding hydrogens is 204 g/mol. The smallest absolute Gasteiger partial charge is 0.306 e. The Kier molecular flexibility index (Phi) is 3.29. The molecule has 1 aromatic rings. The van der Waals surface area contributed by atoms with Gasteiger partial charge in [0.15, 0.2) is 0 Å². The predicted molar refractivity (Wildman–Crippen MR) is 48.1 cm³/mol. The van der Waals surface area contributed by atoms with Crippen molar-refractivity contribution in [1.82, 2.24) is 4.98 Å². The van der Waals surface area contributed by atoms with E-state index >= 15 is 0 Å². The van der Waals surface area contributed by atoms with Crippen molar-refractivity contribution in [3.05, 3.63) is 34.1 Å². The van der Waals surface area contributed by atoms with Crippen molar-refractivity contribution in [3.63, 3.8) is 0 Å². The van der Waals surface area contributed by atoms with Crippen LogP contribution < -0.4 is 0 Å². The summed E-state index contributed by atoms with van der Waals surface area (Å²) in [5.74, 6) is -1.16. The first kappa shape index (κ1) is 11.1. The van der Waals surface area contributed by atoms with E-state index in [2.05, 4.69) is 4.98 Å². The maximum absolute atomic E-state index is 10.3. The van der Waals surface area contributed by atoms with Crippen LogP contribution in [0.25, 0.3) is 0 Å². The molecule has 0 saturated heterocycles. The van der Waals surface area contributed by atoms with E-state index in [1.807, 2.05) is 0 Å². The van der Waals surface area contributed by atoms with E-state index in [1.165, 1.54) is 6.07 Å². The van der Waals surface area contributed by atoms with Crippen molar-refractivity contribution in [2.75, 3.05) is 0 Å². The number of aliphatic hydroxyl groups is 1. The summed E-state index contributed by atoms with van der Waals surface area (Å²) in [5.41, 5.74) is -0.107. The molecule has 0 radical (unpaired) electrons. The molecular formula is C8H8N2O5. The second kappa shape index (κ2) is 4.47. The molecule has 1 atom stereocenters.